The lowest BCUT2D eigenvalue weighted by atomic mass is 10.1. The van der Waals surface area contributed by atoms with Crippen molar-refractivity contribution < 1.29 is 14.7 Å². The molecule has 1 aromatic carbocycles. The molecule has 4 rings (SSSR count). The Balaban J connectivity index is 1.64. The Labute approximate surface area is 194 Å². The first-order chi connectivity index (χ1) is 15.8. The van der Waals surface area contributed by atoms with Crippen LogP contribution in [-0.2, 0) is 17.9 Å². The van der Waals surface area contributed by atoms with E-state index in [-0.39, 0.29) is 30.5 Å². The van der Waals surface area contributed by atoms with Gasteiger partial charge in [0.1, 0.15) is 11.5 Å². The van der Waals surface area contributed by atoms with Crippen molar-refractivity contribution >= 4 is 23.6 Å². The van der Waals surface area contributed by atoms with E-state index < -0.39 is 0 Å². The lowest BCUT2D eigenvalue weighted by Gasteiger charge is -2.34. The van der Waals surface area contributed by atoms with E-state index in [2.05, 4.69) is 10.3 Å². The van der Waals surface area contributed by atoms with Gasteiger partial charge in [-0.15, -0.1) is 0 Å². The largest absolute Gasteiger partial charge is 0.392 e. The first-order valence-corrected chi connectivity index (χ1v) is 11.5. The summed E-state index contributed by atoms with van der Waals surface area (Å²) in [5.41, 5.74) is 3.19. The van der Waals surface area contributed by atoms with Crippen molar-refractivity contribution in [1.82, 2.24) is 19.8 Å². The molecule has 0 aliphatic carbocycles. The molecule has 0 spiro atoms. The van der Waals surface area contributed by atoms with Crippen LogP contribution in [0.3, 0.4) is 0 Å². The smallest absolute Gasteiger partial charge is 0.273 e. The number of benzene rings is 1. The van der Waals surface area contributed by atoms with E-state index in [0.29, 0.717) is 50.2 Å². The van der Waals surface area contributed by atoms with Crippen molar-refractivity contribution in [2.75, 3.05) is 36.4 Å². The van der Waals surface area contributed by atoms with Gasteiger partial charge in [-0.3, -0.25) is 9.59 Å². The Morgan fingerprint density at radius 3 is 2.33 bits per heavy atom. The summed E-state index contributed by atoms with van der Waals surface area (Å²) in [6.45, 7) is 10.6. The molecule has 9 heteroatoms. The van der Waals surface area contributed by atoms with Gasteiger partial charge < -0.3 is 25.1 Å². The van der Waals surface area contributed by atoms with Crippen LogP contribution in [0.5, 0.6) is 0 Å². The van der Waals surface area contributed by atoms with Crippen molar-refractivity contribution in [3.05, 3.63) is 46.6 Å². The number of piperazine rings is 1. The molecule has 1 aromatic heterocycles. The highest BCUT2D eigenvalue weighted by Gasteiger charge is 2.35. The minimum absolute atomic E-state index is 0.00884. The molecule has 0 bridgehead atoms. The number of amides is 2. The summed E-state index contributed by atoms with van der Waals surface area (Å²) in [6, 6.07) is 7.79. The third kappa shape index (κ3) is 4.64. The molecule has 176 valence electrons. The second-order valence-electron chi connectivity index (χ2n) is 8.99. The van der Waals surface area contributed by atoms with E-state index in [1.54, 1.807) is 6.92 Å². The first kappa shape index (κ1) is 23.0. The van der Waals surface area contributed by atoms with E-state index in [9.17, 15) is 14.7 Å². The molecule has 1 saturated heterocycles. The van der Waals surface area contributed by atoms with Crippen molar-refractivity contribution in [3.63, 3.8) is 0 Å². The number of rotatable bonds is 6. The molecule has 2 aliphatic rings. The third-order valence-electron chi connectivity index (χ3n) is 6.43. The predicted molar refractivity (Wildman–Crippen MR) is 126 cm³/mol. The summed E-state index contributed by atoms with van der Waals surface area (Å²) in [6.07, 6.45) is 0. The molecule has 2 aromatic rings. The van der Waals surface area contributed by atoms with Crippen LogP contribution in [0.15, 0.2) is 24.3 Å². The van der Waals surface area contributed by atoms with Crippen molar-refractivity contribution in [3.8, 4) is 0 Å². The van der Waals surface area contributed by atoms with Gasteiger partial charge in [0.2, 0.25) is 11.9 Å². The van der Waals surface area contributed by atoms with Gasteiger partial charge >= 0.3 is 0 Å². The molecular weight excluding hydrogens is 420 g/mol. The number of aromatic nitrogens is 2. The maximum atomic E-state index is 13.1. The van der Waals surface area contributed by atoms with Gasteiger partial charge in [0.15, 0.2) is 0 Å². The molecule has 0 unspecified atom stereocenters. The molecule has 2 amide bonds. The van der Waals surface area contributed by atoms with Crippen molar-refractivity contribution in [1.29, 1.82) is 0 Å². The van der Waals surface area contributed by atoms with Gasteiger partial charge in [-0.05, 0) is 31.9 Å². The monoisotopic (exact) mass is 452 g/mol. The van der Waals surface area contributed by atoms with Crippen LogP contribution < -0.4 is 10.2 Å². The Hall–Kier alpha value is -3.20. The zero-order chi connectivity index (χ0) is 23.7. The van der Waals surface area contributed by atoms with Crippen LogP contribution in [0.25, 0.3) is 0 Å². The lowest BCUT2D eigenvalue weighted by molar-refractivity contribution is -0.129. The minimum Gasteiger partial charge on any atom is -0.392 e. The molecule has 0 saturated carbocycles. The third-order valence-corrected chi connectivity index (χ3v) is 6.43. The summed E-state index contributed by atoms with van der Waals surface area (Å²) in [7, 11) is 0. The minimum atomic E-state index is -0.0750. The fraction of sp³-hybridized carbons (Fsp3) is 0.500. The fourth-order valence-electron chi connectivity index (χ4n) is 4.28. The topological polar surface area (TPSA) is 102 Å². The van der Waals surface area contributed by atoms with E-state index in [0.717, 1.165) is 16.7 Å². The van der Waals surface area contributed by atoms with Gasteiger partial charge in [-0.25, -0.2) is 4.98 Å². The number of anilines is 2. The van der Waals surface area contributed by atoms with Crippen LogP contribution in [0.1, 0.15) is 60.9 Å². The number of nitrogens with one attached hydrogen (secondary N) is 1. The number of hydrogen-bond acceptors (Lipinski definition) is 7. The van der Waals surface area contributed by atoms with Gasteiger partial charge in [0.25, 0.3) is 5.91 Å². The van der Waals surface area contributed by atoms with Crippen LogP contribution in [0.2, 0.25) is 0 Å². The van der Waals surface area contributed by atoms with E-state index in [1.807, 2.05) is 59.7 Å². The van der Waals surface area contributed by atoms with Crippen molar-refractivity contribution in [2.24, 2.45) is 0 Å². The maximum absolute atomic E-state index is 13.1. The zero-order valence-corrected chi connectivity index (χ0v) is 19.7. The molecule has 1 fully saturated rings. The number of carbonyl (C=O) groups excluding carboxylic acids is 2. The number of nitrogens with zero attached hydrogens (tertiary/aromatic N) is 5. The second-order valence-corrected chi connectivity index (χ2v) is 8.99. The average Bonchev–Trinajstić information content (AvgIpc) is 3.16. The molecule has 2 aliphatic heterocycles. The van der Waals surface area contributed by atoms with Crippen molar-refractivity contribution in [2.45, 2.75) is 52.9 Å². The SMILES string of the molecule is CC(=O)N1CCN(c2nc(N[C@H](C)c3ccc(CO)cc3)c3c(n2)C(=O)N(C(C)C)C3)CC1. The Bertz CT molecular complexity index is 1030. The number of aliphatic hydroxyl groups excluding tert-OH is 1. The van der Waals surface area contributed by atoms with Gasteiger partial charge in [-0.2, -0.15) is 4.98 Å². The molecule has 3 heterocycles. The van der Waals surface area contributed by atoms with Crippen LogP contribution >= 0.6 is 0 Å². The standard InChI is InChI=1S/C24H32N6O3/c1-15(2)30-13-20-21(23(30)33)26-24(29-11-9-28(10-12-29)17(4)32)27-22(20)25-16(3)19-7-5-18(14-31)6-8-19/h5-8,15-16,31H,9-14H2,1-4H3,(H,25,26,27)/t16-/m1/s1. The Morgan fingerprint density at radius 2 is 1.76 bits per heavy atom. The fourth-order valence-corrected chi connectivity index (χ4v) is 4.28. The summed E-state index contributed by atoms with van der Waals surface area (Å²) in [5.74, 6) is 1.17. The zero-order valence-electron chi connectivity index (χ0n) is 19.7. The summed E-state index contributed by atoms with van der Waals surface area (Å²) in [4.78, 5) is 40.0. The maximum Gasteiger partial charge on any atom is 0.273 e. The molecule has 33 heavy (non-hydrogen) atoms. The lowest BCUT2D eigenvalue weighted by Crippen LogP contribution is -2.48. The Kier molecular flexibility index (Phi) is 6.51. The first-order valence-electron chi connectivity index (χ1n) is 11.5. The number of carbonyl (C=O) groups is 2. The molecular formula is C24H32N6O3. The summed E-state index contributed by atoms with van der Waals surface area (Å²) >= 11 is 0. The highest BCUT2D eigenvalue weighted by atomic mass is 16.3. The summed E-state index contributed by atoms with van der Waals surface area (Å²) < 4.78 is 0. The average molecular weight is 453 g/mol. The number of hydrogen-bond donors (Lipinski definition) is 2. The Morgan fingerprint density at radius 1 is 1.09 bits per heavy atom. The summed E-state index contributed by atoms with van der Waals surface area (Å²) in [5, 5.41) is 12.8. The van der Waals surface area contributed by atoms with Gasteiger partial charge in [0.05, 0.1) is 13.2 Å². The van der Waals surface area contributed by atoms with Gasteiger partial charge in [-0.1, -0.05) is 24.3 Å². The molecule has 2 N–H and O–H groups in total. The van der Waals surface area contributed by atoms with E-state index >= 15 is 0 Å². The van der Waals surface area contributed by atoms with Crippen LogP contribution in [-0.4, -0.2) is 68.9 Å². The van der Waals surface area contributed by atoms with Crippen LogP contribution in [0.4, 0.5) is 11.8 Å². The number of fused-ring (bicyclic) bond motifs is 1. The molecule has 9 nitrogen and oxygen atoms in total. The normalized spacial score (nSPS) is 16.9. The highest BCUT2D eigenvalue weighted by molar-refractivity contribution is 5.98. The second kappa shape index (κ2) is 9.35. The molecule has 1 atom stereocenters. The van der Waals surface area contributed by atoms with Gasteiger partial charge in [0, 0.05) is 50.7 Å². The van der Waals surface area contributed by atoms with E-state index in [1.165, 1.54) is 0 Å². The van der Waals surface area contributed by atoms with E-state index in [4.69, 9.17) is 4.98 Å². The molecule has 0 radical (unpaired) electrons. The quantitative estimate of drug-likeness (QED) is 0.693. The number of aliphatic hydroxyl groups is 1. The predicted octanol–water partition coefficient (Wildman–Crippen LogP) is 2.17. The van der Waals surface area contributed by atoms with Crippen LogP contribution in [0, 0.1) is 0 Å². The highest BCUT2D eigenvalue weighted by Crippen LogP contribution is 2.32.